The van der Waals surface area contributed by atoms with Crippen LogP contribution in [0.25, 0.3) is 0 Å². The minimum Gasteiger partial charge on any atom is -0.412 e. The van der Waals surface area contributed by atoms with Gasteiger partial charge in [-0.25, -0.2) is 0 Å². The Labute approximate surface area is 73.9 Å². The molecule has 0 aromatic carbocycles. The molecule has 12 heavy (non-hydrogen) atoms. The smallest absolute Gasteiger partial charge is 0.0920 e. The number of hydrogen-bond donors (Lipinski definition) is 0. The van der Waals surface area contributed by atoms with Gasteiger partial charge in [0.15, 0.2) is 0 Å². The van der Waals surface area contributed by atoms with Crippen molar-refractivity contribution < 1.29 is 10.2 Å². The van der Waals surface area contributed by atoms with E-state index < -0.39 is 0 Å². The van der Waals surface area contributed by atoms with Gasteiger partial charge in [0.05, 0.1) is 11.7 Å². The number of ether oxygens (including phenoxy) is 1. The van der Waals surface area contributed by atoms with Crippen LogP contribution in [0.1, 0.15) is 33.1 Å². The van der Waals surface area contributed by atoms with Crippen LogP contribution in [0.5, 0.6) is 0 Å². The monoisotopic (exact) mass is 170 g/mol. The van der Waals surface area contributed by atoms with Gasteiger partial charge >= 0.3 is 0 Å². The van der Waals surface area contributed by atoms with Crippen LogP contribution in [0, 0.1) is 5.92 Å². The number of hydrogen-bond acceptors (Lipinski definition) is 1. The van der Waals surface area contributed by atoms with Crippen molar-refractivity contribution in [1.29, 1.82) is 0 Å². The van der Waals surface area contributed by atoms with Crippen molar-refractivity contribution in [3.8, 4) is 0 Å². The van der Waals surface area contributed by atoms with E-state index in [0.717, 1.165) is 5.92 Å². The Hall–Kier alpha value is -0.340. The maximum absolute atomic E-state index is 5.60. The lowest BCUT2D eigenvalue weighted by atomic mass is 9.80. The Morgan fingerprint density at radius 3 is 2.75 bits per heavy atom. The largest absolute Gasteiger partial charge is 0.412 e. The maximum atomic E-state index is 5.60. The zero-order valence-corrected chi connectivity index (χ0v) is 7.89. The Morgan fingerprint density at radius 1 is 1.58 bits per heavy atom. The van der Waals surface area contributed by atoms with E-state index in [0.29, 0.717) is 6.10 Å². The van der Waals surface area contributed by atoms with Crippen LogP contribution in [0.2, 0.25) is 0 Å². The third-order valence-corrected chi connectivity index (χ3v) is 3.22. The van der Waals surface area contributed by atoms with Gasteiger partial charge in [-0.3, -0.25) is 0 Å². The van der Waals surface area contributed by atoms with Crippen molar-refractivity contribution >= 4 is 0 Å². The van der Waals surface area contributed by atoms with Crippen molar-refractivity contribution in [3.05, 3.63) is 12.2 Å². The van der Waals surface area contributed by atoms with Gasteiger partial charge < -0.3 is 10.2 Å². The molecule has 1 aliphatic heterocycles. The molecule has 0 bridgehead atoms. The maximum Gasteiger partial charge on any atom is 0.0920 e. The second kappa shape index (κ2) is 2.86. The molecule has 0 aromatic rings. The van der Waals surface area contributed by atoms with Gasteiger partial charge in [-0.05, 0) is 39.0 Å². The predicted octanol–water partition coefficient (Wildman–Crippen LogP) is 1.70. The van der Waals surface area contributed by atoms with Crippen LogP contribution in [-0.2, 0) is 4.74 Å². The fraction of sp³-hybridized carbons (Fsp3) is 0.800. The molecule has 1 saturated heterocycles. The summed E-state index contributed by atoms with van der Waals surface area (Å²) >= 11 is 0. The van der Waals surface area contributed by atoms with E-state index in [1.165, 1.54) is 24.8 Å². The van der Waals surface area contributed by atoms with Crippen LogP contribution < -0.4 is 0 Å². The van der Waals surface area contributed by atoms with Crippen LogP contribution in [0.15, 0.2) is 12.2 Å². The number of allylic oxidation sites excluding steroid dienone is 1. The Morgan fingerprint density at radius 2 is 2.25 bits per heavy atom. The lowest BCUT2D eigenvalue weighted by Gasteiger charge is -2.22. The molecule has 1 heterocycles. The van der Waals surface area contributed by atoms with Crippen LogP contribution in [0.3, 0.4) is 0 Å². The van der Waals surface area contributed by atoms with Crippen molar-refractivity contribution in [2.45, 2.75) is 44.8 Å². The predicted molar refractivity (Wildman–Crippen MR) is 49.0 cm³/mol. The van der Waals surface area contributed by atoms with Gasteiger partial charge in [0.2, 0.25) is 0 Å². The third-order valence-electron chi connectivity index (χ3n) is 3.22. The topological polar surface area (TPSA) is 44.0 Å². The molecule has 1 aliphatic carbocycles. The Bertz CT molecular complexity index is 200. The Balaban J connectivity index is 0.000000720. The second-order valence-electron chi connectivity index (χ2n) is 4.24. The minimum atomic E-state index is 0. The molecule has 0 aromatic heterocycles. The molecule has 1 saturated carbocycles. The highest BCUT2D eigenvalue weighted by molar-refractivity contribution is 5.10. The normalized spacial score (nSPS) is 44.2. The van der Waals surface area contributed by atoms with Crippen molar-refractivity contribution in [3.63, 3.8) is 0 Å². The first kappa shape index (κ1) is 9.75. The fourth-order valence-corrected chi connectivity index (χ4v) is 2.09. The molecule has 2 aliphatic rings. The summed E-state index contributed by atoms with van der Waals surface area (Å²) in [5.41, 5.74) is 1.61. The van der Waals surface area contributed by atoms with Gasteiger partial charge in [-0.15, -0.1) is 0 Å². The molecule has 2 rings (SSSR count). The van der Waals surface area contributed by atoms with Crippen molar-refractivity contribution in [1.82, 2.24) is 0 Å². The first-order valence-electron chi connectivity index (χ1n) is 4.45. The van der Waals surface area contributed by atoms with Gasteiger partial charge in [-0.2, -0.15) is 0 Å². The van der Waals surface area contributed by atoms with E-state index in [1.807, 2.05) is 0 Å². The summed E-state index contributed by atoms with van der Waals surface area (Å²) in [7, 11) is 0. The standard InChI is InChI=1S/C10H16O.H2O/c1-7(2)8-4-5-10(3)9(6-8)11-10;/h8-9H,1,4-6H2,2-3H3;1H2. The molecule has 3 unspecified atom stereocenters. The molecule has 0 spiro atoms. The summed E-state index contributed by atoms with van der Waals surface area (Å²) in [5, 5.41) is 0. The second-order valence-corrected chi connectivity index (χ2v) is 4.24. The lowest BCUT2D eigenvalue weighted by Crippen LogP contribution is -2.21. The number of epoxide rings is 1. The number of rotatable bonds is 1. The quantitative estimate of drug-likeness (QED) is 0.436. The summed E-state index contributed by atoms with van der Waals surface area (Å²) in [4.78, 5) is 0. The molecule has 2 nitrogen and oxygen atoms in total. The third kappa shape index (κ3) is 1.41. The summed E-state index contributed by atoms with van der Waals surface area (Å²) < 4.78 is 5.60. The van der Waals surface area contributed by atoms with Crippen molar-refractivity contribution in [2.24, 2.45) is 5.92 Å². The average molecular weight is 170 g/mol. The molecule has 2 fully saturated rings. The van der Waals surface area contributed by atoms with Crippen LogP contribution in [0.4, 0.5) is 0 Å². The first-order chi connectivity index (χ1) is 5.12. The zero-order valence-electron chi connectivity index (χ0n) is 7.89. The fourth-order valence-electron chi connectivity index (χ4n) is 2.09. The molecule has 2 N–H and O–H groups in total. The van der Waals surface area contributed by atoms with Crippen LogP contribution >= 0.6 is 0 Å². The first-order valence-corrected chi connectivity index (χ1v) is 4.45. The van der Waals surface area contributed by atoms with E-state index in [2.05, 4.69) is 20.4 Å². The van der Waals surface area contributed by atoms with Crippen molar-refractivity contribution in [2.75, 3.05) is 0 Å². The summed E-state index contributed by atoms with van der Waals surface area (Å²) in [5.74, 6) is 0.732. The van der Waals surface area contributed by atoms with E-state index in [-0.39, 0.29) is 11.1 Å². The van der Waals surface area contributed by atoms with Crippen LogP contribution in [-0.4, -0.2) is 17.2 Å². The zero-order chi connectivity index (χ0) is 8.06. The summed E-state index contributed by atoms with van der Waals surface area (Å²) in [6.07, 6.45) is 4.28. The summed E-state index contributed by atoms with van der Waals surface area (Å²) in [6, 6.07) is 0. The van der Waals surface area contributed by atoms with E-state index in [4.69, 9.17) is 4.74 Å². The van der Waals surface area contributed by atoms with E-state index in [9.17, 15) is 0 Å². The highest BCUT2D eigenvalue weighted by Crippen LogP contribution is 2.50. The van der Waals surface area contributed by atoms with Gasteiger partial charge in [0, 0.05) is 0 Å². The van der Waals surface area contributed by atoms with Gasteiger partial charge in [0.1, 0.15) is 0 Å². The minimum absolute atomic E-state index is 0. The van der Waals surface area contributed by atoms with Gasteiger partial charge in [0.25, 0.3) is 0 Å². The molecule has 3 atom stereocenters. The molecular formula is C10H18O2. The molecule has 0 amide bonds. The van der Waals surface area contributed by atoms with Gasteiger partial charge in [-0.1, -0.05) is 12.2 Å². The molecule has 2 heteroatoms. The van der Waals surface area contributed by atoms with E-state index >= 15 is 0 Å². The summed E-state index contributed by atoms with van der Waals surface area (Å²) in [6.45, 7) is 8.36. The highest BCUT2D eigenvalue weighted by atomic mass is 16.6. The molecular weight excluding hydrogens is 152 g/mol. The molecule has 0 radical (unpaired) electrons. The number of fused-ring (bicyclic) bond motifs is 1. The van der Waals surface area contributed by atoms with E-state index in [1.54, 1.807) is 0 Å². The SMILES string of the molecule is C=C(C)C1CCC2(C)OC2C1.O. The average Bonchev–Trinajstić information content (AvgIpc) is 2.58. The molecule has 70 valence electrons. The Kier molecular flexibility index (Phi) is 2.32. The highest BCUT2D eigenvalue weighted by Gasteiger charge is 2.55. The lowest BCUT2D eigenvalue weighted by molar-refractivity contribution is 0.303.